The van der Waals surface area contributed by atoms with Crippen LogP contribution in [0.1, 0.15) is 56.8 Å². The summed E-state index contributed by atoms with van der Waals surface area (Å²) in [5.74, 6) is 0.772. The van der Waals surface area contributed by atoms with Gasteiger partial charge in [0.25, 0.3) is 0 Å². The van der Waals surface area contributed by atoms with Crippen LogP contribution in [0, 0.1) is 11.8 Å². The Kier molecular flexibility index (Phi) is 6.17. The van der Waals surface area contributed by atoms with Crippen LogP contribution in [0.5, 0.6) is 0 Å². The molecule has 6 nitrogen and oxygen atoms in total. The number of carboxylic acids is 1. The lowest BCUT2D eigenvalue weighted by Crippen LogP contribution is -2.39. The maximum Gasteiger partial charge on any atom is 0.336 e. The molecule has 0 radical (unpaired) electrons. The Labute approximate surface area is 165 Å². The number of piperidine rings is 1. The molecule has 0 bridgehead atoms. The van der Waals surface area contributed by atoms with Gasteiger partial charge in [-0.2, -0.15) is 0 Å². The van der Waals surface area contributed by atoms with Gasteiger partial charge in [-0.15, -0.1) is 0 Å². The second-order valence-electron chi connectivity index (χ2n) is 8.07. The van der Waals surface area contributed by atoms with Crippen LogP contribution < -0.4 is 10.2 Å². The summed E-state index contributed by atoms with van der Waals surface area (Å²) in [6.07, 6.45) is 3.42. The highest BCUT2D eigenvalue weighted by atomic mass is 16.4. The van der Waals surface area contributed by atoms with Gasteiger partial charge >= 0.3 is 5.97 Å². The van der Waals surface area contributed by atoms with E-state index in [1.54, 1.807) is 24.3 Å². The van der Waals surface area contributed by atoms with Crippen LogP contribution in [-0.4, -0.2) is 35.1 Å². The number of unbranched alkanes of at least 4 members (excludes halogenated alkanes) is 1. The number of rotatable bonds is 6. The van der Waals surface area contributed by atoms with Gasteiger partial charge in [-0.3, -0.25) is 4.79 Å². The molecule has 2 heterocycles. The molecule has 1 amide bonds. The Morgan fingerprint density at radius 1 is 1.21 bits per heavy atom. The minimum absolute atomic E-state index is 0.0565. The second-order valence-corrected chi connectivity index (χ2v) is 8.07. The molecule has 3 rings (SSSR count). The Balaban J connectivity index is 1.94. The fourth-order valence-electron chi connectivity index (χ4n) is 4.04. The fourth-order valence-corrected chi connectivity index (χ4v) is 4.04. The van der Waals surface area contributed by atoms with Crippen LogP contribution in [0.4, 0.5) is 11.5 Å². The van der Waals surface area contributed by atoms with Gasteiger partial charge in [0.2, 0.25) is 5.91 Å². The van der Waals surface area contributed by atoms with Gasteiger partial charge in [-0.1, -0.05) is 27.2 Å². The molecule has 28 heavy (non-hydrogen) atoms. The molecule has 2 N–H and O–H groups in total. The quantitative estimate of drug-likeness (QED) is 0.765. The van der Waals surface area contributed by atoms with Gasteiger partial charge in [0.05, 0.1) is 11.1 Å². The van der Waals surface area contributed by atoms with Crippen LogP contribution in [0.15, 0.2) is 24.3 Å². The highest BCUT2D eigenvalue weighted by molar-refractivity contribution is 6.05. The number of fused-ring (bicyclic) bond motifs is 1. The highest BCUT2D eigenvalue weighted by Gasteiger charge is 2.24. The third-order valence-electron chi connectivity index (χ3n) is 5.26. The van der Waals surface area contributed by atoms with Crippen molar-refractivity contribution in [2.75, 3.05) is 23.3 Å². The molecule has 0 spiro atoms. The van der Waals surface area contributed by atoms with E-state index in [4.69, 9.17) is 4.98 Å². The summed E-state index contributed by atoms with van der Waals surface area (Å²) in [4.78, 5) is 30.8. The molecule has 0 saturated carbocycles. The molecule has 2 aromatic rings. The average molecular weight is 383 g/mol. The van der Waals surface area contributed by atoms with Gasteiger partial charge in [0.1, 0.15) is 5.82 Å². The van der Waals surface area contributed by atoms with E-state index >= 15 is 0 Å². The van der Waals surface area contributed by atoms with E-state index in [1.807, 2.05) is 6.92 Å². The lowest BCUT2D eigenvalue weighted by atomic mass is 9.92. The number of aromatic nitrogens is 1. The van der Waals surface area contributed by atoms with Crippen molar-refractivity contribution < 1.29 is 14.7 Å². The predicted molar refractivity (Wildman–Crippen MR) is 112 cm³/mol. The van der Waals surface area contributed by atoms with Crippen molar-refractivity contribution in [3.8, 4) is 0 Å². The summed E-state index contributed by atoms with van der Waals surface area (Å²) < 4.78 is 0. The molecule has 1 aromatic heterocycles. The molecule has 150 valence electrons. The summed E-state index contributed by atoms with van der Waals surface area (Å²) in [7, 11) is 0. The minimum Gasteiger partial charge on any atom is -0.478 e. The summed E-state index contributed by atoms with van der Waals surface area (Å²) in [6.45, 7) is 8.24. The van der Waals surface area contributed by atoms with Crippen LogP contribution in [-0.2, 0) is 4.79 Å². The standard InChI is InChI=1S/C22H29N3O3/c1-4-5-6-21(26)23-16-7-8-19-17(10-16)18(22(27)28)11-20(24-19)25-12-14(2)9-15(3)13-25/h7-8,10-11,14-15H,4-6,9,12-13H2,1-3H3,(H,23,26)(H,27,28)/t14-,15-/m0/s1. The molecule has 0 unspecified atom stereocenters. The third kappa shape index (κ3) is 4.61. The van der Waals surface area contributed by atoms with Crippen LogP contribution >= 0.6 is 0 Å². The van der Waals surface area contributed by atoms with Crippen LogP contribution in [0.25, 0.3) is 10.9 Å². The second kappa shape index (κ2) is 8.59. The number of hydrogen-bond acceptors (Lipinski definition) is 4. The number of hydrogen-bond donors (Lipinski definition) is 2. The van der Waals surface area contributed by atoms with Crippen molar-refractivity contribution in [3.05, 3.63) is 29.8 Å². The SMILES string of the molecule is CCCCC(=O)Nc1ccc2nc(N3C[C@@H](C)C[C@H](C)C3)cc(C(=O)O)c2c1. The summed E-state index contributed by atoms with van der Waals surface area (Å²) in [5.41, 5.74) is 1.45. The number of carbonyl (C=O) groups is 2. The van der Waals surface area contributed by atoms with Gasteiger partial charge in [0.15, 0.2) is 0 Å². The number of benzene rings is 1. The van der Waals surface area contributed by atoms with E-state index in [9.17, 15) is 14.7 Å². The van der Waals surface area contributed by atoms with E-state index in [0.717, 1.165) is 25.9 Å². The minimum atomic E-state index is -0.985. The molecule has 1 aromatic carbocycles. The van der Waals surface area contributed by atoms with Crippen LogP contribution in [0.3, 0.4) is 0 Å². The molecular formula is C22H29N3O3. The maximum absolute atomic E-state index is 12.0. The van der Waals surface area contributed by atoms with Gasteiger partial charge in [0, 0.05) is 30.6 Å². The predicted octanol–water partition coefficient (Wildman–Crippen LogP) is 4.54. The number of nitrogens with one attached hydrogen (secondary N) is 1. The Hall–Kier alpha value is -2.63. The Bertz CT molecular complexity index is 871. The zero-order valence-corrected chi connectivity index (χ0v) is 16.9. The molecule has 0 aliphatic carbocycles. The topological polar surface area (TPSA) is 82.5 Å². The first-order chi connectivity index (χ1) is 13.4. The van der Waals surface area contributed by atoms with Crippen molar-refractivity contribution in [3.63, 3.8) is 0 Å². The smallest absolute Gasteiger partial charge is 0.336 e. The molecule has 1 aliphatic rings. The van der Waals surface area contributed by atoms with Gasteiger partial charge in [-0.25, -0.2) is 9.78 Å². The lowest BCUT2D eigenvalue weighted by molar-refractivity contribution is -0.116. The zero-order chi connectivity index (χ0) is 20.3. The zero-order valence-electron chi connectivity index (χ0n) is 16.9. The highest BCUT2D eigenvalue weighted by Crippen LogP contribution is 2.30. The van der Waals surface area contributed by atoms with E-state index in [2.05, 4.69) is 24.1 Å². The van der Waals surface area contributed by atoms with Crippen molar-refractivity contribution in [2.24, 2.45) is 11.8 Å². The third-order valence-corrected chi connectivity index (χ3v) is 5.26. The maximum atomic E-state index is 12.0. The number of aromatic carboxylic acids is 1. The van der Waals surface area contributed by atoms with Crippen molar-refractivity contribution in [1.82, 2.24) is 4.98 Å². The first-order valence-electron chi connectivity index (χ1n) is 10.1. The molecule has 1 saturated heterocycles. The normalized spacial score (nSPS) is 19.6. The number of amides is 1. The fraction of sp³-hybridized carbons (Fsp3) is 0.500. The molecule has 6 heteroatoms. The Morgan fingerprint density at radius 3 is 2.57 bits per heavy atom. The molecular weight excluding hydrogens is 354 g/mol. The lowest BCUT2D eigenvalue weighted by Gasteiger charge is -2.36. The largest absolute Gasteiger partial charge is 0.478 e. The summed E-state index contributed by atoms with van der Waals surface area (Å²) in [5, 5.41) is 13.2. The van der Waals surface area contributed by atoms with Crippen molar-refractivity contribution in [2.45, 2.75) is 46.5 Å². The van der Waals surface area contributed by atoms with Crippen molar-refractivity contribution >= 4 is 34.3 Å². The van der Waals surface area contributed by atoms with Crippen LogP contribution in [0.2, 0.25) is 0 Å². The Morgan fingerprint density at radius 2 is 1.93 bits per heavy atom. The number of carboxylic acid groups (broad SMARTS) is 1. The number of pyridine rings is 1. The summed E-state index contributed by atoms with van der Waals surface area (Å²) >= 11 is 0. The number of anilines is 2. The number of carbonyl (C=O) groups excluding carboxylic acids is 1. The summed E-state index contributed by atoms with van der Waals surface area (Å²) in [6, 6.07) is 6.95. The van der Waals surface area contributed by atoms with E-state index in [0.29, 0.717) is 40.7 Å². The van der Waals surface area contributed by atoms with E-state index in [-0.39, 0.29) is 11.5 Å². The van der Waals surface area contributed by atoms with E-state index in [1.165, 1.54) is 6.42 Å². The molecule has 2 atom stereocenters. The first-order valence-corrected chi connectivity index (χ1v) is 10.1. The van der Waals surface area contributed by atoms with Gasteiger partial charge < -0.3 is 15.3 Å². The van der Waals surface area contributed by atoms with E-state index < -0.39 is 5.97 Å². The number of nitrogens with zero attached hydrogens (tertiary/aromatic N) is 2. The molecule has 1 fully saturated rings. The molecule has 1 aliphatic heterocycles. The van der Waals surface area contributed by atoms with Crippen molar-refractivity contribution in [1.29, 1.82) is 0 Å². The monoisotopic (exact) mass is 383 g/mol. The average Bonchev–Trinajstić information content (AvgIpc) is 2.64. The first kappa shape index (κ1) is 20.1. The van der Waals surface area contributed by atoms with Gasteiger partial charge in [-0.05, 0) is 48.9 Å².